The molecule has 0 aliphatic carbocycles. The fourth-order valence-electron chi connectivity index (χ4n) is 3.47. The van der Waals surface area contributed by atoms with Gasteiger partial charge in [0.2, 0.25) is 0 Å². The zero-order chi connectivity index (χ0) is 23.6. The Morgan fingerprint density at radius 1 is 0.879 bits per heavy atom. The summed E-state index contributed by atoms with van der Waals surface area (Å²) in [6.45, 7) is -0.321. The monoisotopic (exact) mass is 464 g/mol. The van der Waals surface area contributed by atoms with Gasteiger partial charge in [-0.15, -0.1) is 0 Å². The number of carbonyl (C=O) groups excluding carboxylic acids is 3. The highest BCUT2D eigenvalue weighted by Gasteiger charge is 2.34. The summed E-state index contributed by atoms with van der Waals surface area (Å²) in [6.07, 6.45) is 0. The first-order chi connectivity index (χ1) is 15.8. The summed E-state index contributed by atoms with van der Waals surface area (Å²) in [7, 11) is -2.47. The molecule has 1 heterocycles. The Kier molecular flexibility index (Phi) is 5.97. The van der Waals surface area contributed by atoms with Crippen molar-refractivity contribution in [1.82, 2.24) is 4.90 Å². The van der Waals surface area contributed by atoms with E-state index in [2.05, 4.69) is 0 Å². The molecule has 0 aromatic heterocycles. The minimum absolute atomic E-state index is 0.0416. The molecule has 1 aliphatic heterocycles. The number of amides is 2. The Labute approximate surface area is 191 Å². The van der Waals surface area contributed by atoms with Crippen molar-refractivity contribution in [2.75, 3.05) is 24.5 Å². The van der Waals surface area contributed by atoms with Crippen molar-refractivity contribution in [3.63, 3.8) is 0 Å². The van der Waals surface area contributed by atoms with Crippen molar-refractivity contribution in [1.29, 1.82) is 0 Å². The van der Waals surface area contributed by atoms with Crippen molar-refractivity contribution in [3.05, 3.63) is 95.6 Å². The number of fused-ring (bicyclic) bond motifs is 1. The first-order valence-corrected chi connectivity index (χ1v) is 11.5. The fraction of sp³-hybridized carbons (Fsp3) is 0.125. The molecule has 0 bridgehead atoms. The lowest BCUT2D eigenvalue weighted by molar-refractivity contribution is 0.0420. The van der Waals surface area contributed by atoms with Crippen LogP contribution in [0.5, 0.6) is 0 Å². The SMILES string of the molecule is CN(c1ccccc1)S(=O)(=O)c1cccc(C(=O)OCCN2C(=O)c3ccccc3C2=O)c1. The quantitative estimate of drug-likeness (QED) is 0.394. The van der Waals surface area contributed by atoms with Crippen molar-refractivity contribution in [3.8, 4) is 0 Å². The van der Waals surface area contributed by atoms with Gasteiger partial charge in [0.15, 0.2) is 0 Å². The van der Waals surface area contributed by atoms with Crippen LogP contribution in [-0.4, -0.2) is 51.3 Å². The van der Waals surface area contributed by atoms with Crippen LogP contribution in [0.15, 0.2) is 83.8 Å². The third kappa shape index (κ3) is 4.22. The second kappa shape index (κ2) is 8.87. The van der Waals surface area contributed by atoms with Crippen LogP contribution in [0, 0.1) is 0 Å². The highest BCUT2D eigenvalue weighted by Crippen LogP contribution is 2.23. The Morgan fingerprint density at radius 2 is 1.48 bits per heavy atom. The van der Waals surface area contributed by atoms with Gasteiger partial charge in [0.05, 0.1) is 33.8 Å². The van der Waals surface area contributed by atoms with Crippen LogP contribution in [0.2, 0.25) is 0 Å². The van der Waals surface area contributed by atoms with Crippen molar-refractivity contribution in [2.24, 2.45) is 0 Å². The number of nitrogens with zero attached hydrogens (tertiary/aromatic N) is 2. The van der Waals surface area contributed by atoms with Gasteiger partial charge in [0.25, 0.3) is 21.8 Å². The third-order valence-corrected chi connectivity index (χ3v) is 7.06. The number of hydrogen-bond acceptors (Lipinski definition) is 6. The number of carbonyl (C=O) groups is 3. The molecule has 4 rings (SSSR count). The lowest BCUT2D eigenvalue weighted by Crippen LogP contribution is -2.33. The van der Waals surface area contributed by atoms with Crippen LogP contribution < -0.4 is 4.31 Å². The molecule has 9 heteroatoms. The molecule has 3 aromatic carbocycles. The maximum absolute atomic E-state index is 13.0. The van der Waals surface area contributed by atoms with Gasteiger partial charge in [0.1, 0.15) is 6.61 Å². The summed E-state index contributed by atoms with van der Waals surface area (Å²) >= 11 is 0. The smallest absolute Gasteiger partial charge is 0.338 e. The summed E-state index contributed by atoms with van der Waals surface area (Å²) in [5.41, 5.74) is 1.15. The van der Waals surface area contributed by atoms with Gasteiger partial charge in [0, 0.05) is 7.05 Å². The largest absolute Gasteiger partial charge is 0.460 e. The minimum Gasteiger partial charge on any atom is -0.460 e. The van der Waals surface area contributed by atoms with Gasteiger partial charge >= 0.3 is 5.97 Å². The Balaban J connectivity index is 1.42. The molecule has 0 spiro atoms. The third-order valence-electron chi connectivity index (χ3n) is 5.27. The van der Waals surface area contributed by atoms with Crippen LogP contribution in [0.4, 0.5) is 5.69 Å². The predicted octanol–water partition coefficient (Wildman–Crippen LogP) is 2.96. The lowest BCUT2D eigenvalue weighted by Gasteiger charge is -2.19. The van der Waals surface area contributed by atoms with Gasteiger partial charge in [-0.3, -0.25) is 18.8 Å². The van der Waals surface area contributed by atoms with Crippen LogP contribution in [0.1, 0.15) is 31.1 Å². The van der Waals surface area contributed by atoms with Crippen molar-refractivity contribution < 1.29 is 27.5 Å². The van der Waals surface area contributed by atoms with E-state index in [9.17, 15) is 22.8 Å². The maximum atomic E-state index is 13.0. The molecule has 33 heavy (non-hydrogen) atoms. The number of sulfonamides is 1. The first-order valence-electron chi connectivity index (χ1n) is 10.1. The molecule has 0 fully saturated rings. The van der Waals surface area contributed by atoms with Gasteiger partial charge in [-0.25, -0.2) is 13.2 Å². The molecular formula is C24H20N2O6S. The molecule has 0 radical (unpaired) electrons. The summed E-state index contributed by atoms with van der Waals surface area (Å²) in [5.74, 6) is -1.64. The fourth-order valence-corrected chi connectivity index (χ4v) is 4.72. The molecular weight excluding hydrogens is 444 g/mol. The van der Waals surface area contributed by atoms with Crippen LogP contribution >= 0.6 is 0 Å². The van der Waals surface area contributed by atoms with Crippen LogP contribution in [-0.2, 0) is 14.8 Å². The van der Waals surface area contributed by atoms with Gasteiger partial charge in [-0.05, 0) is 42.5 Å². The van der Waals surface area contributed by atoms with Gasteiger partial charge < -0.3 is 4.74 Å². The second-order valence-electron chi connectivity index (χ2n) is 7.28. The number of para-hydroxylation sites is 1. The summed E-state index contributed by atoms with van der Waals surface area (Å²) in [5, 5.41) is 0. The van der Waals surface area contributed by atoms with E-state index in [4.69, 9.17) is 4.74 Å². The average molecular weight is 464 g/mol. The predicted molar refractivity (Wildman–Crippen MR) is 121 cm³/mol. The second-order valence-corrected chi connectivity index (χ2v) is 9.25. The maximum Gasteiger partial charge on any atom is 0.338 e. The topological polar surface area (TPSA) is 101 Å². The van der Waals surface area contributed by atoms with E-state index >= 15 is 0 Å². The van der Waals surface area contributed by atoms with Crippen molar-refractivity contribution in [2.45, 2.75) is 4.90 Å². The van der Waals surface area contributed by atoms with Gasteiger partial charge in [-0.2, -0.15) is 0 Å². The number of imide groups is 1. The summed E-state index contributed by atoms with van der Waals surface area (Å²) in [6, 6.07) is 20.6. The minimum atomic E-state index is -3.90. The molecule has 0 saturated heterocycles. The molecule has 2 amide bonds. The number of esters is 1. The molecule has 8 nitrogen and oxygen atoms in total. The normalized spacial score (nSPS) is 13.1. The molecule has 3 aromatic rings. The molecule has 1 aliphatic rings. The van der Waals surface area contributed by atoms with E-state index in [-0.39, 0.29) is 23.6 Å². The number of benzene rings is 3. The molecule has 0 unspecified atom stereocenters. The Hall–Kier alpha value is -3.98. The van der Waals surface area contributed by atoms with E-state index in [0.717, 1.165) is 9.21 Å². The van der Waals surface area contributed by atoms with E-state index in [1.165, 1.54) is 31.3 Å². The van der Waals surface area contributed by atoms with Crippen molar-refractivity contribution >= 4 is 33.5 Å². The zero-order valence-electron chi connectivity index (χ0n) is 17.7. The van der Waals surface area contributed by atoms with Crippen LogP contribution in [0.25, 0.3) is 0 Å². The zero-order valence-corrected chi connectivity index (χ0v) is 18.5. The highest BCUT2D eigenvalue weighted by molar-refractivity contribution is 7.92. The number of rotatable bonds is 7. The highest BCUT2D eigenvalue weighted by atomic mass is 32.2. The Morgan fingerprint density at radius 3 is 2.12 bits per heavy atom. The van der Waals surface area contributed by atoms with E-state index in [1.807, 2.05) is 0 Å². The van der Waals surface area contributed by atoms with Gasteiger partial charge in [-0.1, -0.05) is 36.4 Å². The molecule has 0 atom stereocenters. The lowest BCUT2D eigenvalue weighted by atomic mass is 10.1. The molecule has 168 valence electrons. The number of ether oxygens (including phenoxy) is 1. The van der Waals surface area contributed by atoms with E-state index in [0.29, 0.717) is 16.8 Å². The Bertz CT molecular complexity index is 1300. The number of anilines is 1. The summed E-state index contributed by atoms with van der Waals surface area (Å²) < 4.78 is 32.3. The molecule has 0 saturated carbocycles. The number of hydrogen-bond donors (Lipinski definition) is 0. The average Bonchev–Trinajstić information content (AvgIpc) is 3.09. The van der Waals surface area contributed by atoms with Crippen LogP contribution in [0.3, 0.4) is 0 Å². The van der Waals surface area contributed by atoms with E-state index < -0.39 is 27.8 Å². The van der Waals surface area contributed by atoms with E-state index in [1.54, 1.807) is 54.6 Å². The summed E-state index contributed by atoms with van der Waals surface area (Å²) in [4.78, 5) is 38.2. The standard InChI is InChI=1S/C24H20N2O6S/c1-25(18-9-3-2-4-10-18)33(30,31)19-11-7-8-17(16-19)24(29)32-15-14-26-22(27)20-12-5-6-13-21(20)23(26)28/h2-13,16H,14-15H2,1H3. The first kappa shape index (κ1) is 22.2. The molecule has 0 N–H and O–H groups in total.